The van der Waals surface area contributed by atoms with Crippen LogP contribution in [0.25, 0.3) is 5.69 Å². The van der Waals surface area contributed by atoms with E-state index in [0.717, 1.165) is 30.0 Å². The van der Waals surface area contributed by atoms with Gasteiger partial charge >= 0.3 is 18.4 Å². The average Bonchev–Trinajstić information content (AvgIpc) is 3.60. The Hall–Kier alpha value is -4.99. The zero-order valence-corrected chi connectivity index (χ0v) is 25.2. The number of aromatic nitrogens is 3. The molecule has 16 heteroatoms. The number of anilines is 2. The molecule has 46 heavy (non-hydrogen) atoms. The average molecular weight is 661 g/mol. The Kier molecular flexibility index (Phi) is 9.27. The first-order valence-electron chi connectivity index (χ1n) is 13.6. The maximum absolute atomic E-state index is 14.9. The maximum atomic E-state index is 14.9. The quantitative estimate of drug-likeness (QED) is 0.200. The second kappa shape index (κ2) is 13.2. The molecule has 1 aliphatic heterocycles. The number of alkyl halides is 3. The molecule has 0 spiro atoms. The molecular weight excluding hydrogens is 635 g/mol. The monoisotopic (exact) mass is 660 g/mol. The largest absolute Gasteiger partial charge is 0.573 e. The number of amidine groups is 1. The van der Waals surface area contributed by atoms with Crippen molar-refractivity contribution in [1.82, 2.24) is 14.8 Å². The van der Waals surface area contributed by atoms with Crippen molar-refractivity contribution in [3.8, 4) is 17.4 Å². The zero-order chi connectivity index (χ0) is 33.2. The molecule has 1 aliphatic rings. The van der Waals surface area contributed by atoms with Gasteiger partial charge in [0.1, 0.15) is 30.3 Å². The molecule has 1 N–H and O–H groups in total. The number of thioether (sulfide) groups is 1. The molecule has 0 atom stereocenters. The smallest absolute Gasteiger partial charge is 0.458 e. The number of carbonyl (C=O) groups is 2. The van der Waals surface area contributed by atoms with E-state index in [-0.39, 0.29) is 41.1 Å². The number of nitrogens with one attached hydrogen (secondary N) is 1. The molecule has 1 saturated heterocycles. The van der Waals surface area contributed by atoms with Crippen LogP contribution >= 0.6 is 11.8 Å². The third-order valence-electron chi connectivity index (χ3n) is 6.58. The lowest BCUT2D eigenvalue weighted by molar-refractivity contribution is -0.274. The van der Waals surface area contributed by atoms with E-state index in [9.17, 15) is 31.5 Å². The van der Waals surface area contributed by atoms with Crippen LogP contribution in [0.3, 0.4) is 0 Å². The highest BCUT2D eigenvalue weighted by Crippen LogP contribution is 2.35. The molecular formula is C30H25F5N6O4S. The molecule has 5 rings (SSSR count). The minimum absolute atomic E-state index is 0.0272. The number of amides is 3. The van der Waals surface area contributed by atoms with Gasteiger partial charge in [-0.2, -0.15) is 9.98 Å². The summed E-state index contributed by atoms with van der Waals surface area (Å²) >= 11 is 1.04. The molecule has 0 radical (unpaired) electrons. The van der Waals surface area contributed by atoms with Crippen LogP contribution in [0.4, 0.5) is 38.1 Å². The fraction of sp³-hybridized carbons (Fsp3) is 0.233. The Balaban J connectivity index is 1.22. The number of carbonyl (C=O) groups excluding carboxylic acids is 2. The molecule has 1 aromatic heterocycles. The first-order chi connectivity index (χ1) is 21.8. The molecule has 0 aliphatic carbocycles. The van der Waals surface area contributed by atoms with Crippen LogP contribution in [-0.2, 0) is 11.4 Å². The summed E-state index contributed by atoms with van der Waals surface area (Å²) in [6.07, 6.45) is -3.52. The third-order valence-corrected chi connectivity index (χ3v) is 7.51. The summed E-state index contributed by atoms with van der Waals surface area (Å²) in [6.45, 7) is 5.14. The number of rotatable bonds is 8. The van der Waals surface area contributed by atoms with Crippen LogP contribution in [0.2, 0.25) is 0 Å². The predicted octanol–water partition coefficient (Wildman–Crippen LogP) is 7.12. The van der Waals surface area contributed by atoms with Crippen LogP contribution in [0.15, 0.2) is 65.9 Å². The first-order valence-corrected chi connectivity index (χ1v) is 14.6. The van der Waals surface area contributed by atoms with E-state index >= 15 is 0 Å². The lowest BCUT2D eigenvalue weighted by Gasteiger charge is -2.22. The molecule has 10 nitrogen and oxygen atoms in total. The lowest BCUT2D eigenvalue weighted by atomic mass is 9.98. The highest BCUT2D eigenvalue weighted by molar-refractivity contribution is 8.15. The summed E-state index contributed by atoms with van der Waals surface area (Å²) in [5, 5.41) is 6.54. The molecule has 4 aromatic rings. The normalized spacial score (nSPS) is 14.3. The number of aliphatic imine (C=N–C) groups is 1. The number of ether oxygens (including phenoxy) is 2. The van der Waals surface area contributed by atoms with Gasteiger partial charge in [-0.05, 0) is 78.1 Å². The number of aryl methyl sites for hydroxylation is 1. The van der Waals surface area contributed by atoms with Gasteiger partial charge in [-0.3, -0.25) is 9.69 Å². The van der Waals surface area contributed by atoms with E-state index in [2.05, 4.69) is 25.1 Å². The summed E-state index contributed by atoms with van der Waals surface area (Å²) in [5.74, 6) is -2.00. The summed E-state index contributed by atoms with van der Waals surface area (Å²) in [5.41, 5.74) is 1.94. The topological polar surface area (TPSA) is 111 Å². The van der Waals surface area contributed by atoms with Gasteiger partial charge in [0.05, 0.1) is 22.8 Å². The van der Waals surface area contributed by atoms with Gasteiger partial charge in [-0.1, -0.05) is 31.7 Å². The van der Waals surface area contributed by atoms with E-state index in [0.29, 0.717) is 28.1 Å². The van der Waals surface area contributed by atoms with E-state index in [1.165, 1.54) is 52.3 Å². The fourth-order valence-corrected chi connectivity index (χ4v) is 5.24. The molecule has 0 bridgehead atoms. The van der Waals surface area contributed by atoms with Crippen molar-refractivity contribution in [1.29, 1.82) is 0 Å². The zero-order valence-electron chi connectivity index (χ0n) is 24.4. The number of benzene rings is 3. The van der Waals surface area contributed by atoms with Crippen molar-refractivity contribution in [3.63, 3.8) is 0 Å². The predicted molar refractivity (Wildman–Crippen MR) is 160 cm³/mol. The molecule has 240 valence electrons. The van der Waals surface area contributed by atoms with Crippen LogP contribution in [-0.4, -0.2) is 44.0 Å². The molecule has 0 unspecified atom stereocenters. The van der Waals surface area contributed by atoms with Crippen molar-refractivity contribution >= 4 is 40.2 Å². The van der Waals surface area contributed by atoms with Crippen molar-refractivity contribution in [2.75, 3.05) is 16.0 Å². The minimum Gasteiger partial charge on any atom is -0.458 e. The van der Waals surface area contributed by atoms with Crippen LogP contribution < -0.4 is 19.7 Å². The minimum atomic E-state index is -4.81. The van der Waals surface area contributed by atoms with E-state index < -0.39 is 29.8 Å². The second-order valence-electron chi connectivity index (χ2n) is 10.3. The summed E-state index contributed by atoms with van der Waals surface area (Å²) in [6, 6.07) is 10.8. The SMILES string of the molecule is Cc1cc(N2C(=O)CS/C2=N\C(=O)Nc2ccc(COc3ncn(-c4ccc(OC(F)(F)F)cc4)n3)cc2F)c(C(C)C)cc1F. The van der Waals surface area contributed by atoms with Gasteiger partial charge in [0.2, 0.25) is 5.91 Å². The van der Waals surface area contributed by atoms with Gasteiger partial charge in [0.25, 0.3) is 0 Å². The molecule has 3 aromatic carbocycles. The van der Waals surface area contributed by atoms with E-state index in [1.54, 1.807) is 6.92 Å². The highest BCUT2D eigenvalue weighted by atomic mass is 32.2. The van der Waals surface area contributed by atoms with Gasteiger partial charge in [0, 0.05) is 0 Å². The molecule has 1 fully saturated rings. The van der Waals surface area contributed by atoms with Gasteiger partial charge in [-0.15, -0.1) is 18.3 Å². The number of hydrogen-bond acceptors (Lipinski definition) is 7. The Labute approximate surface area is 263 Å². The van der Waals surface area contributed by atoms with Gasteiger partial charge in [0.15, 0.2) is 5.17 Å². The van der Waals surface area contributed by atoms with Crippen molar-refractivity contribution < 1.29 is 41.0 Å². The molecule has 0 saturated carbocycles. The lowest BCUT2D eigenvalue weighted by Crippen LogP contribution is -2.31. The maximum Gasteiger partial charge on any atom is 0.573 e. The highest BCUT2D eigenvalue weighted by Gasteiger charge is 2.33. The second-order valence-corrected chi connectivity index (χ2v) is 11.2. The van der Waals surface area contributed by atoms with Gasteiger partial charge < -0.3 is 14.8 Å². The van der Waals surface area contributed by atoms with Crippen LogP contribution in [0.5, 0.6) is 11.8 Å². The number of urea groups is 1. The van der Waals surface area contributed by atoms with Crippen molar-refractivity contribution in [2.24, 2.45) is 4.99 Å². The summed E-state index contributed by atoms with van der Waals surface area (Å²) in [7, 11) is 0. The Morgan fingerprint density at radius 2 is 1.83 bits per heavy atom. The third kappa shape index (κ3) is 7.62. The van der Waals surface area contributed by atoms with E-state index in [1.807, 2.05) is 13.8 Å². The Morgan fingerprint density at radius 3 is 2.50 bits per heavy atom. The van der Waals surface area contributed by atoms with E-state index in [4.69, 9.17) is 4.74 Å². The Morgan fingerprint density at radius 1 is 1.09 bits per heavy atom. The Bertz CT molecular complexity index is 1810. The number of nitrogens with zero attached hydrogens (tertiary/aromatic N) is 5. The van der Waals surface area contributed by atoms with Gasteiger partial charge in [-0.25, -0.2) is 18.3 Å². The number of halogens is 5. The van der Waals surface area contributed by atoms with Crippen LogP contribution in [0, 0.1) is 18.6 Å². The van der Waals surface area contributed by atoms with Crippen molar-refractivity contribution in [3.05, 3.63) is 89.2 Å². The van der Waals surface area contributed by atoms with Crippen LogP contribution in [0.1, 0.15) is 36.5 Å². The first kappa shape index (κ1) is 32.4. The molecule has 2 heterocycles. The standard InChI is InChI=1S/C30H25F5N6O4S/c1-16(2)21-12-22(31)17(3)10-25(21)41-26(42)14-46-29(41)38-27(43)37-24-9-4-18(11-23(24)32)13-44-28-36-15-40(39-28)19-5-7-20(8-6-19)45-30(33,34)35/h4-12,15-16H,13-14H2,1-3H3,(H,37,43)/b38-29-. The van der Waals surface area contributed by atoms with Crippen molar-refractivity contribution in [2.45, 2.75) is 39.7 Å². The number of hydrogen-bond donors (Lipinski definition) is 1. The summed E-state index contributed by atoms with van der Waals surface area (Å²) in [4.78, 5) is 34.8. The fourth-order valence-electron chi connectivity index (χ4n) is 4.39. The molecule has 3 amide bonds. The summed E-state index contributed by atoms with van der Waals surface area (Å²) < 4.78 is 76.9.